The van der Waals surface area contributed by atoms with Gasteiger partial charge in [0.15, 0.2) is 0 Å². The van der Waals surface area contributed by atoms with Crippen molar-refractivity contribution in [3.05, 3.63) is 54.4 Å². The lowest BCUT2D eigenvalue weighted by Gasteiger charge is -2.33. The van der Waals surface area contributed by atoms with E-state index in [1.54, 1.807) is 0 Å². The monoisotopic (exact) mass is 369 g/mol. The van der Waals surface area contributed by atoms with Gasteiger partial charge in [0.2, 0.25) is 0 Å². The summed E-state index contributed by atoms with van der Waals surface area (Å²) in [5.74, 6) is 1.02. The maximum Gasteiger partial charge on any atom is 0.322 e. The van der Waals surface area contributed by atoms with Crippen LogP contribution in [0.1, 0.15) is 18.4 Å². The average Bonchev–Trinajstić information content (AvgIpc) is 2.73. The van der Waals surface area contributed by atoms with Gasteiger partial charge < -0.3 is 20.1 Å². The van der Waals surface area contributed by atoms with Crippen LogP contribution in [0.3, 0.4) is 0 Å². The summed E-state index contributed by atoms with van der Waals surface area (Å²) in [6.45, 7) is 2.82. The molecule has 6 heteroatoms. The Morgan fingerprint density at radius 2 is 1.85 bits per heavy atom. The number of benzene rings is 1. The number of nitrogens with zero attached hydrogens (tertiary/aromatic N) is 2. The second-order valence-electron chi connectivity index (χ2n) is 6.92. The number of carbonyl (C=O) groups is 1. The van der Waals surface area contributed by atoms with Crippen molar-refractivity contribution in [2.75, 3.05) is 31.7 Å². The number of methoxy groups -OCH3 is 1. The molecule has 1 saturated heterocycles. The maximum absolute atomic E-state index is 11.4. The van der Waals surface area contributed by atoms with Gasteiger partial charge in [0.05, 0.1) is 13.7 Å². The molecule has 1 aliphatic heterocycles. The average molecular weight is 369 g/mol. The van der Waals surface area contributed by atoms with Crippen LogP contribution >= 0.6 is 0 Å². The summed E-state index contributed by atoms with van der Waals surface area (Å²) in [6, 6.07) is 11.3. The standard InChI is InChI=1S/C21H27N3O3/c1-26-21(25)20(22)14-16-2-4-19(5-3-16)27-15-17-8-12-24(13-9-17)18-6-10-23-11-7-18/h2-7,10-11,17,20H,8-9,12-15,22H2,1H3/t20-/m1/s1. The first-order valence-corrected chi connectivity index (χ1v) is 9.36. The molecule has 27 heavy (non-hydrogen) atoms. The molecule has 1 fully saturated rings. The van der Waals surface area contributed by atoms with Gasteiger partial charge in [-0.2, -0.15) is 0 Å². The van der Waals surface area contributed by atoms with E-state index in [0.29, 0.717) is 12.3 Å². The third-order valence-corrected chi connectivity index (χ3v) is 5.01. The first kappa shape index (κ1) is 19.2. The van der Waals surface area contributed by atoms with Crippen molar-refractivity contribution < 1.29 is 14.3 Å². The zero-order valence-electron chi connectivity index (χ0n) is 15.7. The van der Waals surface area contributed by atoms with Crippen LogP contribution in [0.5, 0.6) is 5.75 Å². The van der Waals surface area contributed by atoms with E-state index in [9.17, 15) is 4.79 Å². The number of rotatable bonds is 7. The Morgan fingerprint density at radius 1 is 1.19 bits per heavy atom. The molecule has 0 spiro atoms. The van der Waals surface area contributed by atoms with Crippen LogP contribution in [0.2, 0.25) is 0 Å². The highest BCUT2D eigenvalue weighted by Crippen LogP contribution is 2.24. The molecule has 0 radical (unpaired) electrons. The lowest BCUT2D eigenvalue weighted by atomic mass is 9.97. The lowest BCUT2D eigenvalue weighted by molar-refractivity contribution is -0.142. The molecular formula is C21H27N3O3. The number of carbonyl (C=O) groups excluding carboxylic acids is 1. The zero-order valence-corrected chi connectivity index (χ0v) is 15.7. The summed E-state index contributed by atoms with van der Waals surface area (Å²) in [5, 5.41) is 0. The highest BCUT2D eigenvalue weighted by molar-refractivity contribution is 5.75. The molecule has 2 heterocycles. The van der Waals surface area contributed by atoms with Crippen LogP contribution in [-0.2, 0) is 16.0 Å². The number of hydrogen-bond acceptors (Lipinski definition) is 6. The van der Waals surface area contributed by atoms with E-state index in [2.05, 4.69) is 26.8 Å². The minimum atomic E-state index is -0.632. The van der Waals surface area contributed by atoms with Gasteiger partial charge in [-0.25, -0.2) is 0 Å². The van der Waals surface area contributed by atoms with Crippen molar-refractivity contribution in [2.45, 2.75) is 25.3 Å². The smallest absolute Gasteiger partial charge is 0.322 e. The fourth-order valence-corrected chi connectivity index (χ4v) is 3.34. The zero-order chi connectivity index (χ0) is 19.1. The number of hydrogen-bond donors (Lipinski definition) is 1. The molecule has 0 saturated carbocycles. The molecule has 144 valence electrons. The predicted octanol–water partition coefficient (Wildman–Crippen LogP) is 2.42. The van der Waals surface area contributed by atoms with Gasteiger partial charge in [0.1, 0.15) is 11.8 Å². The molecule has 1 aliphatic rings. The molecule has 1 aromatic heterocycles. The van der Waals surface area contributed by atoms with Crippen LogP contribution in [-0.4, -0.2) is 43.8 Å². The van der Waals surface area contributed by atoms with Crippen LogP contribution in [0.4, 0.5) is 5.69 Å². The predicted molar refractivity (Wildman–Crippen MR) is 105 cm³/mol. The first-order valence-electron chi connectivity index (χ1n) is 9.36. The summed E-state index contributed by atoms with van der Waals surface area (Å²) in [4.78, 5) is 17.9. The number of nitrogens with two attached hydrogens (primary N) is 1. The second kappa shape index (κ2) is 9.37. The minimum absolute atomic E-state index is 0.395. The third kappa shape index (κ3) is 5.44. The number of pyridine rings is 1. The highest BCUT2D eigenvalue weighted by atomic mass is 16.5. The Morgan fingerprint density at radius 3 is 2.48 bits per heavy atom. The van der Waals surface area contributed by atoms with Gasteiger partial charge in [-0.05, 0) is 55.0 Å². The van der Waals surface area contributed by atoms with Crippen molar-refractivity contribution >= 4 is 11.7 Å². The molecule has 6 nitrogen and oxygen atoms in total. The Labute approximate surface area is 160 Å². The van der Waals surface area contributed by atoms with Crippen molar-refractivity contribution in [2.24, 2.45) is 11.7 Å². The van der Waals surface area contributed by atoms with E-state index in [0.717, 1.165) is 43.9 Å². The summed E-state index contributed by atoms with van der Waals surface area (Å²) >= 11 is 0. The summed E-state index contributed by atoms with van der Waals surface area (Å²) in [5.41, 5.74) is 8.03. The minimum Gasteiger partial charge on any atom is -0.493 e. The third-order valence-electron chi connectivity index (χ3n) is 5.01. The van der Waals surface area contributed by atoms with Gasteiger partial charge in [0, 0.05) is 31.2 Å². The van der Waals surface area contributed by atoms with E-state index < -0.39 is 12.0 Å². The van der Waals surface area contributed by atoms with E-state index in [1.807, 2.05) is 36.7 Å². The molecule has 0 amide bonds. The Balaban J connectivity index is 1.42. The van der Waals surface area contributed by atoms with Gasteiger partial charge in [-0.1, -0.05) is 12.1 Å². The summed E-state index contributed by atoms with van der Waals surface area (Å²) in [6.07, 6.45) is 6.38. The van der Waals surface area contributed by atoms with Crippen molar-refractivity contribution in [1.29, 1.82) is 0 Å². The van der Waals surface area contributed by atoms with Gasteiger partial charge in [-0.15, -0.1) is 0 Å². The molecule has 0 bridgehead atoms. The molecule has 0 aliphatic carbocycles. The van der Waals surface area contributed by atoms with Crippen molar-refractivity contribution in [3.63, 3.8) is 0 Å². The Kier molecular flexibility index (Phi) is 6.65. The van der Waals surface area contributed by atoms with Crippen LogP contribution in [0.25, 0.3) is 0 Å². The largest absolute Gasteiger partial charge is 0.493 e. The number of piperidine rings is 1. The van der Waals surface area contributed by atoms with Gasteiger partial charge >= 0.3 is 5.97 Å². The van der Waals surface area contributed by atoms with Gasteiger partial charge in [0.25, 0.3) is 0 Å². The summed E-state index contributed by atoms with van der Waals surface area (Å²) < 4.78 is 10.6. The number of esters is 1. The van der Waals surface area contributed by atoms with E-state index in [-0.39, 0.29) is 0 Å². The molecule has 0 unspecified atom stereocenters. The topological polar surface area (TPSA) is 77.7 Å². The second-order valence-corrected chi connectivity index (χ2v) is 6.92. The maximum atomic E-state index is 11.4. The Hall–Kier alpha value is -2.60. The molecule has 1 atom stereocenters. The number of anilines is 1. The van der Waals surface area contributed by atoms with E-state index in [4.69, 9.17) is 10.5 Å². The van der Waals surface area contributed by atoms with E-state index in [1.165, 1.54) is 12.8 Å². The molecule has 1 aromatic carbocycles. The number of aromatic nitrogens is 1. The van der Waals surface area contributed by atoms with Crippen LogP contribution < -0.4 is 15.4 Å². The van der Waals surface area contributed by atoms with Crippen LogP contribution in [0, 0.1) is 5.92 Å². The fourth-order valence-electron chi connectivity index (χ4n) is 3.34. The fraction of sp³-hybridized carbons (Fsp3) is 0.429. The molecule has 2 aromatic rings. The van der Waals surface area contributed by atoms with E-state index >= 15 is 0 Å². The normalized spacial score (nSPS) is 16.0. The van der Waals surface area contributed by atoms with Crippen molar-refractivity contribution in [3.8, 4) is 5.75 Å². The SMILES string of the molecule is COC(=O)[C@H](N)Cc1ccc(OCC2CCN(c3ccncc3)CC2)cc1. The van der Waals surface area contributed by atoms with Crippen LogP contribution in [0.15, 0.2) is 48.8 Å². The first-order chi connectivity index (χ1) is 13.2. The Bertz CT molecular complexity index is 713. The van der Waals surface area contributed by atoms with Crippen molar-refractivity contribution in [1.82, 2.24) is 4.98 Å². The van der Waals surface area contributed by atoms with Gasteiger partial charge in [-0.3, -0.25) is 9.78 Å². The number of ether oxygens (including phenoxy) is 2. The summed E-state index contributed by atoms with van der Waals surface area (Å²) in [7, 11) is 1.35. The molecule has 3 rings (SSSR count). The molecular weight excluding hydrogens is 342 g/mol. The molecule has 2 N–H and O–H groups in total. The quantitative estimate of drug-likeness (QED) is 0.755. The highest BCUT2D eigenvalue weighted by Gasteiger charge is 2.20. The lowest BCUT2D eigenvalue weighted by Crippen LogP contribution is -2.35.